The Morgan fingerprint density at radius 1 is 1.07 bits per heavy atom. The van der Waals surface area contributed by atoms with E-state index >= 15 is 0 Å². The van der Waals surface area contributed by atoms with Crippen molar-refractivity contribution in [3.8, 4) is 0 Å². The summed E-state index contributed by atoms with van der Waals surface area (Å²) in [6.45, 7) is 0. The van der Waals surface area contributed by atoms with Gasteiger partial charge in [-0.3, -0.25) is 4.21 Å². The molecule has 0 fully saturated rings. The van der Waals surface area contributed by atoms with Crippen LogP contribution >= 0.6 is 0 Å². The van der Waals surface area contributed by atoms with Gasteiger partial charge in [-0.15, -0.1) is 0 Å². The number of anilines is 1. The summed E-state index contributed by atoms with van der Waals surface area (Å²) in [5.74, 6) is 0. The summed E-state index contributed by atoms with van der Waals surface area (Å²) in [6, 6.07) is 11.4. The third-order valence-electron chi connectivity index (χ3n) is 2.23. The number of benzene rings is 2. The maximum Gasteiger partial charge on any atom is 0.0504 e. The molecule has 0 radical (unpaired) electrons. The Bertz CT molecular complexity index is 508. The number of hydrogen-bond donors (Lipinski definition) is 1. The Hall–Kier alpha value is -1.35. The van der Waals surface area contributed by atoms with E-state index in [1.165, 1.54) is 0 Å². The maximum absolute atomic E-state index is 11.4. The lowest BCUT2D eigenvalue weighted by molar-refractivity contribution is 0.687. The fourth-order valence-corrected chi connectivity index (χ4v) is 2.29. The van der Waals surface area contributed by atoms with Gasteiger partial charge in [-0.25, -0.2) is 0 Å². The summed E-state index contributed by atoms with van der Waals surface area (Å²) in [7, 11) is -0.967. The Morgan fingerprint density at radius 2 is 1.71 bits per heavy atom. The first kappa shape index (κ1) is 9.21. The van der Waals surface area contributed by atoms with Crippen LogP contribution in [-0.4, -0.2) is 10.5 Å². The number of nitrogens with two attached hydrogens (primary N) is 1. The summed E-state index contributed by atoms with van der Waals surface area (Å²) in [5, 5.41) is 1.95. The van der Waals surface area contributed by atoms with Crippen molar-refractivity contribution in [2.24, 2.45) is 0 Å². The van der Waals surface area contributed by atoms with Crippen molar-refractivity contribution in [1.29, 1.82) is 0 Å². The molecule has 72 valence electrons. The lowest BCUT2D eigenvalue weighted by atomic mass is 10.1. The van der Waals surface area contributed by atoms with Crippen molar-refractivity contribution in [3.05, 3.63) is 36.4 Å². The molecule has 2 rings (SSSR count). The lowest BCUT2D eigenvalue weighted by Gasteiger charge is -2.05. The normalized spacial score (nSPS) is 12.9. The van der Waals surface area contributed by atoms with E-state index in [0.717, 1.165) is 21.4 Å². The van der Waals surface area contributed by atoms with Crippen molar-refractivity contribution in [2.45, 2.75) is 4.90 Å². The molecular formula is C11H11NOS. The number of nitrogen functional groups attached to an aromatic ring is 1. The molecule has 0 saturated carbocycles. The first-order valence-corrected chi connectivity index (χ1v) is 5.86. The average molecular weight is 205 g/mol. The molecule has 0 heterocycles. The highest BCUT2D eigenvalue weighted by molar-refractivity contribution is 7.84. The molecule has 3 heteroatoms. The minimum Gasteiger partial charge on any atom is -0.398 e. The highest BCUT2D eigenvalue weighted by Gasteiger charge is 2.05. The molecule has 0 spiro atoms. The van der Waals surface area contributed by atoms with E-state index in [-0.39, 0.29) is 0 Å². The zero-order valence-electron chi connectivity index (χ0n) is 7.86. The van der Waals surface area contributed by atoms with Gasteiger partial charge < -0.3 is 5.73 Å². The molecule has 2 aromatic rings. The van der Waals surface area contributed by atoms with Gasteiger partial charge in [0.25, 0.3) is 0 Å². The van der Waals surface area contributed by atoms with Crippen molar-refractivity contribution >= 4 is 27.3 Å². The van der Waals surface area contributed by atoms with Crippen molar-refractivity contribution < 1.29 is 4.21 Å². The van der Waals surface area contributed by atoms with Crippen molar-refractivity contribution in [2.75, 3.05) is 12.0 Å². The predicted molar refractivity (Wildman–Crippen MR) is 60.7 cm³/mol. The van der Waals surface area contributed by atoms with E-state index < -0.39 is 10.8 Å². The van der Waals surface area contributed by atoms with Crippen LogP contribution in [0.15, 0.2) is 41.3 Å². The fourth-order valence-electron chi connectivity index (χ4n) is 1.55. The summed E-state index contributed by atoms with van der Waals surface area (Å²) < 4.78 is 11.4. The second-order valence-electron chi connectivity index (χ2n) is 3.15. The molecule has 0 saturated heterocycles. The summed E-state index contributed by atoms with van der Waals surface area (Å²) >= 11 is 0. The second-order valence-corrected chi connectivity index (χ2v) is 4.50. The van der Waals surface area contributed by atoms with Crippen LogP contribution in [0.4, 0.5) is 5.69 Å². The lowest BCUT2D eigenvalue weighted by Crippen LogP contribution is -1.93. The number of hydrogen-bond acceptors (Lipinski definition) is 2. The van der Waals surface area contributed by atoms with E-state index in [2.05, 4.69) is 0 Å². The summed E-state index contributed by atoms with van der Waals surface area (Å²) in [4.78, 5) is 0.842. The molecule has 2 aromatic carbocycles. The highest BCUT2D eigenvalue weighted by atomic mass is 32.2. The van der Waals surface area contributed by atoms with Gasteiger partial charge in [-0.2, -0.15) is 0 Å². The van der Waals surface area contributed by atoms with Crippen LogP contribution in [0.5, 0.6) is 0 Å². The van der Waals surface area contributed by atoms with Gasteiger partial charge in [-0.1, -0.05) is 24.3 Å². The molecule has 0 aromatic heterocycles. The molecule has 0 aliphatic carbocycles. The standard InChI is InChI=1S/C11H11NOS/c1-14(13)11-7-6-10(12)8-4-2-3-5-9(8)11/h2-7H,12H2,1H3. The highest BCUT2D eigenvalue weighted by Crippen LogP contribution is 2.25. The minimum absolute atomic E-state index is 0.731. The van der Waals surface area contributed by atoms with Gasteiger partial charge in [0.1, 0.15) is 0 Å². The van der Waals surface area contributed by atoms with Crippen LogP contribution in [0.3, 0.4) is 0 Å². The zero-order chi connectivity index (χ0) is 10.1. The van der Waals surface area contributed by atoms with E-state index in [0.29, 0.717) is 0 Å². The Balaban J connectivity index is 2.88. The Labute approximate surface area is 85.2 Å². The molecule has 2 N–H and O–H groups in total. The largest absolute Gasteiger partial charge is 0.398 e. The van der Waals surface area contributed by atoms with Gasteiger partial charge in [0, 0.05) is 22.2 Å². The molecule has 2 nitrogen and oxygen atoms in total. The first-order chi connectivity index (χ1) is 6.70. The van der Waals surface area contributed by atoms with Gasteiger partial charge in [-0.05, 0) is 17.5 Å². The van der Waals surface area contributed by atoms with Crippen LogP contribution in [-0.2, 0) is 10.8 Å². The molecular weight excluding hydrogens is 194 g/mol. The third-order valence-corrected chi connectivity index (χ3v) is 3.20. The fraction of sp³-hybridized carbons (Fsp3) is 0.0909. The number of rotatable bonds is 1. The van der Waals surface area contributed by atoms with E-state index in [9.17, 15) is 4.21 Å². The smallest absolute Gasteiger partial charge is 0.0504 e. The zero-order valence-corrected chi connectivity index (χ0v) is 8.67. The predicted octanol–water partition coefficient (Wildman–Crippen LogP) is 2.16. The van der Waals surface area contributed by atoms with Crippen LogP contribution < -0.4 is 5.73 Å². The molecule has 0 aliphatic rings. The van der Waals surface area contributed by atoms with Gasteiger partial charge in [0.2, 0.25) is 0 Å². The Kier molecular flexibility index (Phi) is 2.25. The minimum atomic E-state index is -0.967. The topological polar surface area (TPSA) is 43.1 Å². The van der Waals surface area contributed by atoms with Gasteiger partial charge >= 0.3 is 0 Å². The molecule has 14 heavy (non-hydrogen) atoms. The number of fused-ring (bicyclic) bond motifs is 1. The van der Waals surface area contributed by atoms with Crippen molar-refractivity contribution in [1.82, 2.24) is 0 Å². The van der Waals surface area contributed by atoms with Gasteiger partial charge in [0.05, 0.1) is 10.8 Å². The third kappa shape index (κ3) is 1.40. The Morgan fingerprint density at radius 3 is 2.36 bits per heavy atom. The van der Waals surface area contributed by atoms with Crippen molar-refractivity contribution in [3.63, 3.8) is 0 Å². The van der Waals surface area contributed by atoms with E-state index in [1.807, 2.05) is 30.3 Å². The molecule has 1 unspecified atom stereocenters. The quantitative estimate of drug-likeness (QED) is 0.725. The van der Waals surface area contributed by atoms with Crippen LogP contribution in [0, 0.1) is 0 Å². The molecule has 0 amide bonds. The second kappa shape index (κ2) is 3.42. The monoisotopic (exact) mass is 205 g/mol. The SMILES string of the molecule is CS(=O)c1ccc(N)c2ccccc12. The molecule has 1 atom stereocenters. The van der Waals surface area contributed by atoms with Crippen LogP contribution in [0.25, 0.3) is 10.8 Å². The molecule has 0 aliphatic heterocycles. The van der Waals surface area contributed by atoms with Gasteiger partial charge in [0.15, 0.2) is 0 Å². The maximum atomic E-state index is 11.4. The summed E-state index contributed by atoms with van der Waals surface area (Å²) in [5.41, 5.74) is 6.56. The molecule has 0 bridgehead atoms. The van der Waals surface area contributed by atoms with E-state index in [4.69, 9.17) is 5.73 Å². The summed E-state index contributed by atoms with van der Waals surface area (Å²) in [6.07, 6.45) is 1.68. The van der Waals surface area contributed by atoms with E-state index in [1.54, 1.807) is 12.3 Å². The van der Waals surface area contributed by atoms with Crippen LogP contribution in [0.2, 0.25) is 0 Å². The first-order valence-electron chi connectivity index (χ1n) is 4.31. The van der Waals surface area contributed by atoms with Crippen LogP contribution in [0.1, 0.15) is 0 Å². The average Bonchev–Trinajstić information content (AvgIpc) is 2.18.